The number of rotatable bonds is 5. The van der Waals surface area contributed by atoms with Gasteiger partial charge in [-0.3, -0.25) is 4.79 Å². The fourth-order valence-corrected chi connectivity index (χ4v) is 4.94. The largest absolute Gasteiger partial charge is 0.357 e. The van der Waals surface area contributed by atoms with Crippen LogP contribution in [0.3, 0.4) is 0 Å². The molecule has 2 aliphatic rings. The Kier molecular flexibility index (Phi) is 4.45. The van der Waals surface area contributed by atoms with E-state index < -0.39 is 0 Å². The maximum Gasteiger partial charge on any atom is 0.240 e. The van der Waals surface area contributed by atoms with E-state index in [0.717, 1.165) is 34.5 Å². The molecule has 2 aromatic rings. The number of nitrogens with one attached hydrogen (secondary N) is 1. The predicted octanol–water partition coefficient (Wildman–Crippen LogP) is 3.57. The number of anilines is 2. The summed E-state index contributed by atoms with van der Waals surface area (Å²) in [5.74, 6) is 0.152. The quantitative estimate of drug-likeness (QED) is 0.826. The zero-order valence-electron chi connectivity index (χ0n) is 13.6. The molecular formula is C17H20N4OS2. The van der Waals surface area contributed by atoms with Gasteiger partial charge in [-0.25, -0.2) is 0 Å². The van der Waals surface area contributed by atoms with Crippen LogP contribution in [0.2, 0.25) is 0 Å². The van der Waals surface area contributed by atoms with Crippen molar-refractivity contribution < 1.29 is 4.79 Å². The molecule has 1 aliphatic carbocycles. The van der Waals surface area contributed by atoms with Gasteiger partial charge in [0.1, 0.15) is 0 Å². The highest BCUT2D eigenvalue weighted by Crippen LogP contribution is 2.34. The summed E-state index contributed by atoms with van der Waals surface area (Å²) in [6.07, 6.45) is 4.50. The Hall–Kier alpha value is -1.60. The van der Waals surface area contributed by atoms with Crippen LogP contribution in [0, 0.1) is 0 Å². The zero-order chi connectivity index (χ0) is 16.5. The van der Waals surface area contributed by atoms with Crippen molar-refractivity contribution in [1.82, 2.24) is 10.2 Å². The second-order valence-electron chi connectivity index (χ2n) is 6.27. The summed E-state index contributed by atoms with van der Waals surface area (Å²) in [4.78, 5) is 14.8. The van der Waals surface area contributed by atoms with Gasteiger partial charge < -0.3 is 10.2 Å². The highest BCUT2D eigenvalue weighted by molar-refractivity contribution is 8.02. The van der Waals surface area contributed by atoms with Crippen LogP contribution < -0.4 is 10.2 Å². The normalized spacial score (nSPS) is 18.1. The lowest BCUT2D eigenvalue weighted by Crippen LogP contribution is -2.40. The Balaban J connectivity index is 1.43. The smallest absolute Gasteiger partial charge is 0.240 e. The summed E-state index contributed by atoms with van der Waals surface area (Å²) >= 11 is 3.04. The van der Waals surface area contributed by atoms with Crippen LogP contribution >= 0.6 is 23.1 Å². The molecule has 24 heavy (non-hydrogen) atoms. The van der Waals surface area contributed by atoms with Gasteiger partial charge in [-0.2, -0.15) is 0 Å². The molecule has 0 saturated heterocycles. The molecule has 7 heteroatoms. The summed E-state index contributed by atoms with van der Waals surface area (Å²) in [5.41, 5.74) is 2.33. The molecule has 1 N–H and O–H groups in total. The maximum atomic E-state index is 12.9. The van der Waals surface area contributed by atoms with E-state index in [9.17, 15) is 4.79 Å². The molecule has 1 atom stereocenters. The van der Waals surface area contributed by atoms with Crippen LogP contribution in [0.4, 0.5) is 10.8 Å². The highest BCUT2D eigenvalue weighted by atomic mass is 32.2. The van der Waals surface area contributed by atoms with Crippen molar-refractivity contribution >= 4 is 39.8 Å². The van der Waals surface area contributed by atoms with Crippen molar-refractivity contribution in [2.75, 3.05) is 16.8 Å². The first-order valence-corrected chi connectivity index (χ1v) is 10.1. The molecule has 126 valence electrons. The first-order valence-electron chi connectivity index (χ1n) is 8.36. The predicted molar refractivity (Wildman–Crippen MR) is 99.0 cm³/mol. The van der Waals surface area contributed by atoms with Crippen molar-refractivity contribution in [2.45, 2.75) is 48.2 Å². The number of aryl methyl sites for hydroxylation is 1. The number of carbonyl (C=O) groups excluding carboxylic acids is 1. The van der Waals surface area contributed by atoms with Crippen LogP contribution in [0.15, 0.2) is 28.6 Å². The first kappa shape index (κ1) is 15.9. The lowest BCUT2D eigenvalue weighted by molar-refractivity contribution is -0.117. The van der Waals surface area contributed by atoms with Gasteiger partial charge in [0, 0.05) is 18.3 Å². The number of amides is 1. The molecule has 5 nitrogen and oxygen atoms in total. The Morgan fingerprint density at radius 3 is 3.04 bits per heavy atom. The fourth-order valence-electron chi connectivity index (χ4n) is 2.90. The second-order valence-corrected chi connectivity index (χ2v) is 8.84. The molecule has 0 radical (unpaired) electrons. The van der Waals surface area contributed by atoms with E-state index >= 15 is 0 Å². The van der Waals surface area contributed by atoms with Gasteiger partial charge >= 0.3 is 0 Å². The number of nitrogens with zero attached hydrogens (tertiary/aromatic N) is 3. The van der Waals surface area contributed by atoms with E-state index in [4.69, 9.17) is 0 Å². The fraction of sp³-hybridized carbons (Fsp3) is 0.471. The molecule has 0 unspecified atom stereocenters. The monoisotopic (exact) mass is 360 g/mol. The van der Waals surface area contributed by atoms with Crippen LogP contribution in [0.5, 0.6) is 0 Å². The molecule has 1 aromatic carbocycles. The van der Waals surface area contributed by atoms with Crippen molar-refractivity contribution in [3.05, 3.63) is 29.8 Å². The van der Waals surface area contributed by atoms with Crippen LogP contribution in [0.1, 0.15) is 31.7 Å². The zero-order valence-corrected chi connectivity index (χ0v) is 15.2. The Morgan fingerprint density at radius 2 is 2.21 bits per heavy atom. The Bertz CT molecular complexity index is 744. The SMILES string of the molecule is C[C@H](Sc1nnc(NC2CC2)s1)C(=O)N1CCCc2ccccc21. The minimum atomic E-state index is -0.169. The lowest BCUT2D eigenvalue weighted by atomic mass is 10.0. The number of fused-ring (bicyclic) bond motifs is 1. The van der Waals surface area contributed by atoms with Crippen LogP contribution in [0.25, 0.3) is 0 Å². The number of hydrogen-bond donors (Lipinski definition) is 1. The number of aromatic nitrogens is 2. The van der Waals surface area contributed by atoms with Crippen LogP contribution in [-0.4, -0.2) is 33.9 Å². The number of para-hydroxylation sites is 1. The van der Waals surface area contributed by atoms with Gasteiger partial charge in [0.2, 0.25) is 11.0 Å². The standard InChI is InChI=1S/C17H20N4OS2/c1-11(23-17-20-19-16(24-17)18-13-8-9-13)15(22)21-10-4-6-12-5-2-3-7-14(12)21/h2-3,5,7,11,13H,4,6,8-10H2,1H3,(H,18,19)/t11-/m0/s1. The van der Waals surface area contributed by atoms with Gasteiger partial charge in [0.25, 0.3) is 0 Å². The molecule has 0 bridgehead atoms. The summed E-state index contributed by atoms with van der Waals surface area (Å²) in [7, 11) is 0. The third kappa shape index (κ3) is 3.42. The summed E-state index contributed by atoms with van der Waals surface area (Å²) in [5, 5.41) is 12.4. The molecule has 1 amide bonds. The lowest BCUT2D eigenvalue weighted by Gasteiger charge is -2.31. The molecule has 1 aromatic heterocycles. The molecule has 4 rings (SSSR count). The van der Waals surface area contributed by atoms with E-state index in [2.05, 4.69) is 21.6 Å². The van der Waals surface area contributed by atoms with Gasteiger partial charge in [-0.1, -0.05) is 41.3 Å². The third-order valence-corrected chi connectivity index (χ3v) is 6.34. The number of thioether (sulfide) groups is 1. The minimum Gasteiger partial charge on any atom is -0.357 e. The highest BCUT2D eigenvalue weighted by Gasteiger charge is 2.28. The third-order valence-electron chi connectivity index (χ3n) is 4.31. The molecule has 0 spiro atoms. The molecule has 1 fully saturated rings. The van der Waals surface area contributed by atoms with E-state index in [1.807, 2.05) is 30.0 Å². The summed E-state index contributed by atoms with van der Waals surface area (Å²) in [6, 6.07) is 8.78. The Labute approximate surface area is 149 Å². The van der Waals surface area contributed by atoms with E-state index in [-0.39, 0.29) is 11.2 Å². The minimum absolute atomic E-state index is 0.152. The average Bonchev–Trinajstić information content (AvgIpc) is 3.31. The number of benzene rings is 1. The molecule has 1 aliphatic heterocycles. The number of carbonyl (C=O) groups is 1. The van der Waals surface area contributed by atoms with Crippen molar-refractivity contribution in [1.29, 1.82) is 0 Å². The van der Waals surface area contributed by atoms with Gasteiger partial charge in [0.15, 0.2) is 4.34 Å². The van der Waals surface area contributed by atoms with Gasteiger partial charge in [0.05, 0.1) is 5.25 Å². The van der Waals surface area contributed by atoms with E-state index in [1.54, 1.807) is 0 Å². The van der Waals surface area contributed by atoms with Crippen molar-refractivity contribution in [3.8, 4) is 0 Å². The van der Waals surface area contributed by atoms with Crippen molar-refractivity contribution in [3.63, 3.8) is 0 Å². The van der Waals surface area contributed by atoms with Gasteiger partial charge in [-0.05, 0) is 44.2 Å². The average molecular weight is 361 g/mol. The van der Waals surface area contributed by atoms with Crippen molar-refractivity contribution in [2.24, 2.45) is 0 Å². The molecular weight excluding hydrogens is 340 g/mol. The maximum absolute atomic E-state index is 12.9. The van der Waals surface area contributed by atoms with E-state index in [0.29, 0.717) is 6.04 Å². The summed E-state index contributed by atoms with van der Waals surface area (Å²) < 4.78 is 0.851. The van der Waals surface area contributed by atoms with E-state index in [1.165, 1.54) is 41.5 Å². The summed E-state index contributed by atoms with van der Waals surface area (Å²) in [6.45, 7) is 2.75. The van der Waals surface area contributed by atoms with Gasteiger partial charge in [-0.15, -0.1) is 10.2 Å². The molecule has 2 heterocycles. The number of hydrogen-bond acceptors (Lipinski definition) is 6. The molecule has 1 saturated carbocycles. The topological polar surface area (TPSA) is 58.1 Å². The Morgan fingerprint density at radius 1 is 1.38 bits per heavy atom. The van der Waals surface area contributed by atoms with Crippen LogP contribution in [-0.2, 0) is 11.2 Å². The second kappa shape index (κ2) is 6.72. The first-order chi connectivity index (χ1) is 11.7.